The van der Waals surface area contributed by atoms with E-state index < -0.39 is 0 Å². The summed E-state index contributed by atoms with van der Waals surface area (Å²) in [5.41, 5.74) is 3.94. The van der Waals surface area contributed by atoms with E-state index in [-0.39, 0.29) is 24.7 Å². The molecule has 10 nitrogen and oxygen atoms in total. The van der Waals surface area contributed by atoms with Crippen molar-refractivity contribution in [2.24, 2.45) is 0 Å². The summed E-state index contributed by atoms with van der Waals surface area (Å²) in [6.45, 7) is 3.62. The number of amides is 1. The molecule has 1 aliphatic carbocycles. The summed E-state index contributed by atoms with van der Waals surface area (Å²) in [7, 11) is 1.67. The van der Waals surface area contributed by atoms with Crippen LogP contribution in [0, 0.1) is 0 Å². The Morgan fingerprint density at radius 2 is 2.09 bits per heavy atom. The molecule has 1 saturated heterocycles. The van der Waals surface area contributed by atoms with Crippen LogP contribution < -0.4 is 10.2 Å². The third kappa shape index (κ3) is 5.00. The van der Waals surface area contributed by atoms with Crippen molar-refractivity contribution < 1.29 is 19.4 Å². The Labute approximate surface area is 204 Å². The Hall–Kier alpha value is -3.08. The molecule has 3 aromatic heterocycles. The highest BCUT2D eigenvalue weighted by Gasteiger charge is 2.26. The number of nitrogens with zero attached hydrogens (tertiary/aromatic N) is 5. The third-order valence-corrected chi connectivity index (χ3v) is 6.77. The molecule has 1 saturated carbocycles. The summed E-state index contributed by atoms with van der Waals surface area (Å²) in [6.07, 6.45) is 6.72. The molecule has 1 amide bonds. The van der Waals surface area contributed by atoms with Crippen LogP contribution in [0.15, 0.2) is 30.6 Å². The molecule has 0 bridgehead atoms. The van der Waals surface area contributed by atoms with Crippen LogP contribution in [-0.2, 0) is 14.3 Å². The van der Waals surface area contributed by atoms with Gasteiger partial charge in [0.1, 0.15) is 12.4 Å². The van der Waals surface area contributed by atoms with Crippen LogP contribution in [0.2, 0.25) is 0 Å². The number of ether oxygens (including phenoxy) is 2. The molecule has 186 valence electrons. The summed E-state index contributed by atoms with van der Waals surface area (Å²) in [5.74, 6) is 1.36. The normalized spacial score (nSPS) is 21.9. The minimum Gasteiger partial charge on any atom is -0.393 e. The molecule has 35 heavy (non-hydrogen) atoms. The van der Waals surface area contributed by atoms with Crippen molar-refractivity contribution in [2.45, 2.75) is 50.7 Å². The zero-order valence-corrected chi connectivity index (χ0v) is 20.2. The molecule has 10 heteroatoms. The minimum atomic E-state index is -0.229. The average Bonchev–Trinajstić information content (AvgIpc) is 3.24. The molecule has 1 atom stereocenters. The van der Waals surface area contributed by atoms with Gasteiger partial charge in [-0.2, -0.15) is 0 Å². The van der Waals surface area contributed by atoms with E-state index in [4.69, 9.17) is 14.6 Å². The van der Waals surface area contributed by atoms with Gasteiger partial charge in [0.05, 0.1) is 37.6 Å². The Kier molecular flexibility index (Phi) is 6.94. The molecule has 0 radical (unpaired) electrons. The number of morpholine rings is 1. The van der Waals surface area contributed by atoms with Gasteiger partial charge in [0.25, 0.3) is 5.91 Å². The number of nitrogens with one attached hydrogen (secondary N) is 1. The third-order valence-electron chi connectivity index (χ3n) is 6.77. The summed E-state index contributed by atoms with van der Waals surface area (Å²) >= 11 is 0. The van der Waals surface area contributed by atoms with Crippen LogP contribution in [-0.4, -0.2) is 76.2 Å². The lowest BCUT2D eigenvalue weighted by Gasteiger charge is -2.26. The predicted octanol–water partition coefficient (Wildman–Crippen LogP) is 2.62. The van der Waals surface area contributed by atoms with E-state index >= 15 is 0 Å². The molecule has 2 fully saturated rings. The van der Waals surface area contributed by atoms with E-state index in [0.29, 0.717) is 37.4 Å². The first-order valence-corrected chi connectivity index (χ1v) is 12.2. The van der Waals surface area contributed by atoms with Crippen LogP contribution in [0.3, 0.4) is 0 Å². The van der Waals surface area contributed by atoms with Crippen molar-refractivity contribution in [3.8, 4) is 11.1 Å². The monoisotopic (exact) mass is 480 g/mol. The second-order valence-corrected chi connectivity index (χ2v) is 9.37. The van der Waals surface area contributed by atoms with Crippen LogP contribution in [0.5, 0.6) is 0 Å². The number of hydrogen-bond donors (Lipinski definition) is 2. The van der Waals surface area contributed by atoms with Crippen LogP contribution in [0.1, 0.15) is 44.2 Å². The number of methoxy groups -OCH3 is 1. The van der Waals surface area contributed by atoms with Gasteiger partial charge in [0.15, 0.2) is 0 Å². The van der Waals surface area contributed by atoms with Gasteiger partial charge in [-0.3, -0.25) is 9.69 Å². The maximum atomic E-state index is 12.4. The topological polar surface area (TPSA) is 114 Å². The fourth-order valence-corrected chi connectivity index (χ4v) is 4.98. The Morgan fingerprint density at radius 3 is 2.86 bits per heavy atom. The van der Waals surface area contributed by atoms with Gasteiger partial charge in [0, 0.05) is 36.5 Å². The van der Waals surface area contributed by atoms with Crippen molar-refractivity contribution in [1.82, 2.24) is 19.6 Å². The highest BCUT2D eigenvalue weighted by Crippen LogP contribution is 2.38. The van der Waals surface area contributed by atoms with Crippen molar-refractivity contribution >= 4 is 23.2 Å². The highest BCUT2D eigenvalue weighted by atomic mass is 16.5. The second kappa shape index (κ2) is 10.3. The summed E-state index contributed by atoms with van der Waals surface area (Å²) in [4.78, 5) is 23.1. The molecule has 0 aromatic carbocycles. The van der Waals surface area contributed by atoms with E-state index in [9.17, 15) is 9.90 Å². The number of anilines is 2. The molecule has 2 N–H and O–H groups in total. The largest absolute Gasteiger partial charge is 0.393 e. The van der Waals surface area contributed by atoms with Gasteiger partial charge in [-0.05, 0) is 56.4 Å². The summed E-state index contributed by atoms with van der Waals surface area (Å²) < 4.78 is 12.5. The molecular weight excluding hydrogens is 448 g/mol. The summed E-state index contributed by atoms with van der Waals surface area (Å²) in [5, 5.41) is 18.2. The van der Waals surface area contributed by atoms with Crippen LogP contribution >= 0.6 is 0 Å². The second-order valence-electron chi connectivity index (χ2n) is 9.37. The zero-order chi connectivity index (χ0) is 24.4. The van der Waals surface area contributed by atoms with Crippen LogP contribution in [0.25, 0.3) is 16.6 Å². The van der Waals surface area contributed by atoms with E-state index in [1.807, 2.05) is 29.8 Å². The average molecular weight is 481 g/mol. The van der Waals surface area contributed by atoms with Gasteiger partial charge in [-0.15, -0.1) is 5.10 Å². The van der Waals surface area contributed by atoms with Gasteiger partial charge < -0.3 is 19.9 Å². The van der Waals surface area contributed by atoms with Crippen LogP contribution in [0.4, 0.5) is 11.8 Å². The smallest absolute Gasteiger partial charge is 0.254 e. The van der Waals surface area contributed by atoms with Crippen molar-refractivity contribution in [3.05, 3.63) is 36.3 Å². The zero-order valence-electron chi connectivity index (χ0n) is 20.2. The number of carbonyl (C=O) groups excluding carboxylic acids is 1. The first-order chi connectivity index (χ1) is 17.0. The molecule has 1 aliphatic heterocycles. The van der Waals surface area contributed by atoms with Crippen molar-refractivity contribution in [1.29, 1.82) is 0 Å². The van der Waals surface area contributed by atoms with E-state index in [2.05, 4.69) is 21.4 Å². The highest BCUT2D eigenvalue weighted by molar-refractivity contribution is 5.95. The molecule has 5 rings (SSSR count). The molecule has 3 aromatic rings. The standard InChI is InChI=1S/C25H32N6O4/c1-16(14-34-2)28-25-27-13-22-20(12-21(31(22)29-25)17-3-5-19(32)6-4-17)18-7-8-26-23(11-18)30-9-10-35-15-24(30)33/h7-8,11-13,16-17,19,32H,3-6,9-10,14-15H2,1-2H3,(H,28,29)/t16-,17?,19?/m0/s1. The molecule has 4 heterocycles. The molecule has 2 aliphatic rings. The lowest BCUT2D eigenvalue weighted by Crippen LogP contribution is -2.42. The first-order valence-electron chi connectivity index (χ1n) is 12.2. The first kappa shape index (κ1) is 23.7. The number of hydrogen-bond acceptors (Lipinski definition) is 8. The Balaban J connectivity index is 1.55. The number of aliphatic hydroxyl groups excluding tert-OH is 1. The Bertz CT molecular complexity index is 1190. The quantitative estimate of drug-likeness (QED) is 0.531. The number of carbonyl (C=O) groups is 1. The van der Waals surface area contributed by atoms with E-state index in [1.165, 1.54) is 0 Å². The molecule has 0 unspecified atom stereocenters. The number of aliphatic hydroxyl groups is 1. The van der Waals surface area contributed by atoms with Gasteiger partial charge in [-0.1, -0.05) is 0 Å². The van der Waals surface area contributed by atoms with Gasteiger partial charge in [0.2, 0.25) is 5.95 Å². The van der Waals surface area contributed by atoms with Gasteiger partial charge >= 0.3 is 0 Å². The Morgan fingerprint density at radius 1 is 1.26 bits per heavy atom. The minimum absolute atomic E-state index is 0.0644. The lowest BCUT2D eigenvalue weighted by atomic mass is 9.85. The fraction of sp³-hybridized carbons (Fsp3) is 0.520. The molecule has 0 spiro atoms. The van der Waals surface area contributed by atoms with Crippen molar-refractivity contribution in [3.63, 3.8) is 0 Å². The maximum absolute atomic E-state index is 12.4. The van der Waals surface area contributed by atoms with E-state index in [1.54, 1.807) is 18.2 Å². The fourth-order valence-electron chi connectivity index (χ4n) is 4.98. The van der Waals surface area contributed by atoms with E-state index in [0.717, 1.165) is 48.0 Å². The summed E-state index contributed by atoms with van der Waals surface area (Å²) in [6, 6.07) is 6.13. The van der Waals surface area contributed by atoms with Crippen molar-refractivity contribution in [2.75, 3.05) is 43.7 Å². The number of rotatable bonds is 7. The number of pyridine rings is 1. The van der Waals surface area contributed by atoms with Gasteiger partial charge in [-0.25, -0.2) is 14.5 Å². The number of fused-ring (bicyclic) bond motifs is 1. The number of aromatic nitrogens is 4. The SMILES string of the molecule is COC[C@H](C)Nc1ncc2c(-c3ccnc(N4CCOCC4=O)c3)cc(C3CCC(O)CC3)n2n1. The maximum Gasteiger partial charge on any atom is 0.254 e. The predicted molar refractivity (Wildman–Crippen MR) is 132 cm³/mol. The molecular formula is C25H32N6O4. The lowest BCUT2D eigenvalue weighted by molar-refractivity contribution is -0.125.